The molecule has 0 aromatic carbocycles. The van der Waals surface area contributed by atoms with E-state index in [0.717, 1.165) is 12.8 Å². The van der Waals surface area contributed by atoms with E-state index in [0.29, 0.717) is 5.92 Å². The molecule has 0 amide bonds. The summed E-state index contributed by atoms with van der Waals surface area (Å²) in [6.07, 6.45) is 6.11. The topological polar surface area (TPSA) is 46.2 Å². The van der Waals surface area contributed by atoms with Crippen LogP contribution in [0.5, 0.6) is 0 Å². The van der Waals surface area contributed by atoms with Gasteiger partial charge >= 0.3 is 0 Å². The fourth-order valence-electron chi connectivity index (χ4n) is 1.93. The number of halogens is 1. The van der Waals surface area contributed by atoms with Gasteiger partial charge in [0.2, 0.25) is 0 Å². The monoisotopic (exact) mass is 205 g/mol. The fraction of sp³-hybridized carbons (Fsp3) is 0.800. The molecule has 1 rings (SSSR count). The van der Waals surface area contributed by atoms with Crippen molar-refractivity contribution in [1.82, 2.24) is 0 Å². The minimum absolute atomic E-state index is 0. The van der Waals surface area contributed by atoms with Crippen LogP contribution >= 0.6 is 12.4 Å². The molecule has 0 aromatic heterocycles. The second-order valence-electron chi connectivity index (χ2n) is 4.17. The molecule has 0 bridgehead atoms. The number of aliphatic hydroxyl groups is 1. The lowest BCUT2D eigenvalue weighted by atomic mass is 9.74. The van der Waals surface area contributed by atoms with Gasteiger partial charge in [0.1, 0.15) is 0 Å². The summed E-state index contributed by atoms with van der Waals surface area (Å²) in [5.74, 6) is 0.442. The van der Waals surface area contributed by atoms with E-state index in [1.54, 1.807) is 0 Å². The summed E-state index contributed by atoms with van der Waals surface area (Å²) in [6.45, 7) is 4.43. The molecular weight excluding hydrogens is 186 g/mol. The van der Waals surface area contributed by atoms with Gasteiger partial charge < -0.3 is 10.8 Å². The van der Waals surface area contributed by atoms with E-state index < -0.39 is 0 Å². The minimum Gasteiger partial charge on any atom is -0.396 e. The molecule has 13 heavy (non-hydrogen) atoms. The maximum atomic E-state index is 9.32. The van der Waals surface area contributed by atoms with Crippen molar-refractivity contribution in [3.05, 3.63) is 12.2 Å². The molecule has 3 heteroatoms. The van der Waals surface area contributed by atoms with E-state index in [2.05, 4.69) is 26.0 Å². The molecule has 1 unspecified atom stereocenters. The van der Waals surface area contributed by atoms with Crippen LogP contribution in [0.1, 0.15) is 26.7 Å². The maximum absolute atomic E-state index is 9.32. The number of hydrogen-bond donors (Lipinski definition) is 2. The molecule has 0 aliphatic heterocycles. The van der Waals surface area contributed by atoms with E-state index in [9.17, 15) is 5.11 Å². The number of nitrogens with two attached hydrogens (primary N) is 1. The van der Waals surface area contributed by atoms with E-state index in [4.69, 9.17) is 5.73 Å². The Morgan fingerprint density at radius 2 is 1.85 bits per heavy atom. The highest BCUT2D eigenvalue weighted by Gasteiger charge is 2.37. The number of aliphatic hydroxyl groups excluding tert-OH is 1. The fourth-order valence-corrected chi connectivity index (χ4v) is 1.93. The van der Waals surface area contributed by atoms with Gasteiger partial charge in [-0.3, -0.25) is 0 Å². The van der Waals surface area contributed by atoms with Gasteiger partial charge in [0.05, 0.1) is 6.61 Å². The van der Waals surface area contributed by atoms with Crippen molar-refractivity contribution in [3.8, 4) is 0 Å². The normalized spacial score (nSPS) is 21.6. The van der Waals surface area contributed by atoms with Crippen LogP contribution in [0.3, 0.4) is 0 Å². The molecule has 0 saturated carbocycles. The standard InChI is InChI=1S/C10H19NO.ClH/c1-8(2)9(11)10(7-12)5-3-4-6-10;/h3-4,8-9,12H,5-7,11H2,1-2H3;1H. The van der Waals surface area contributed by atoms with Gasteiger partial charge in [-0.25, -0.2) is 0 Å². The Hall–Kier alpha value is -0.0500. The van der Waals surface area contributed by atoms with Crippen LogP contribution in [0.15, 0.2) is 12.2 Å². The van der Waals surface area contributed by atoms with Crippen LogP contribution in [0.2, 0.25) is 0 Å². The molecule has 1 aliphatic rings. The highest BCUT2D eigenvalue weighted by molar-refractivity contribution is 5.85. The van der Waals surface area contributed by atoms with Gasteiger partial charge in [0, 0.05) is 11.5 Å². The molecule has 0 spiro atoms. The van der Waals surface area contributed by atoms with Gasteiger partial charge in [0.15, 0.2) is 0 Å². The third kappa shape index (κ3) is 2.46. The van der Waals surface area contributed by atoms with Crippen molar-refractivity contribution in [2.24, 2.45) is 17.1 Å². The molecule has 0 saturated heterocycles. The second-order valence-corrected chi connectivity index (χ2v) is 4.17. The molecular formula is C10H20ClNO. The molecule has 78 valence electrons. The second kappa shape index (κ2) is 4.99. The average Bonchev–Trinajstić information content (AvgIpc) is 2.52. The predicted molar refractivity (Wildman–Crippen MR) is 58.0 cm³/mol. The van der Waals surface area contributed by atoms with E-state index in [1.165, 1.54) is 0 Å². The van der Waals surface area contributed by atoms with Crippen LogP contribution in [0, 0.1) is 11.3 Å². The highest BCUT2D eigenvalue weighted by atomic mass is 35.5. The lowest BCUT2D eigenvalue weighted by molar-refractivity contribution is 0.0897. The average molecular weight is 206 g/mol. The molecule has 0 aromatic rings. The van der Waals surface area contributed by atoms with Gasteiger partial charge in [-0.05, 0) is 18.8 Å². The Balaban J connectivity index is 0.00000144. The first kappa shape index (κ1) is 12.9. The number of rotatable bonds is 3. The van der Waals surface area contributed by atoms with Gasteiger partial charge in [-0.1, -0.05) is 26.0 Å². The zero-order chi connectivity index (χ0) is 9.19. The van der Waals surface area contributed by atoms with Crippen LogP contribution in [-0.4, -0.2) is 17.8 Å². The largest absolute Gasteiger partial charge is 0.396 e. The van der Waals surface area contributed by atoms with Crippen molar-refractivity contribution in [2.75, 3.05) is 6.61 Å². The van der Waals surface area contributed by atoms with Gasteiger partial charge in [-0.15, -0.1) is 12.4 Å². The smallest absolute Gasteiger partial charge is 0.0508 e. The third-order valence-electron chi connectivity index (χ3n) is 2.96. The predicted octanol–water partition coefficient (Wildman–Crippen LogP) is 1.72. The van der Waals surface area contributed by atoms with Gasteiger partial charge in [-0.2, -0.15) is 0 Å². The Morgan fingerprint density at radius 1 is 1.38 bits per heavy atom. The zero-order valence-corrected chi connectivity index (χ0v) is 9.18. The first-order valence-electron chi connectivity index (χ1n) is 4.64. The molecule has 0 radical (unpaired) electrons. The summed E-state index contributed by atoms with van der Waals surface area (Å²) in [7, 11) is 0. The van der Waals surface area contributed by atoms with Crippen LogP contribution in [0.25, 0.3) is 0 Å². The maximum Gasteiger partial charge on any atom is 0.0508 e. The van der Waals surface area contributed by atoms with Gasteiger partial charge in [0.25, 0.3) is 0 Å². The summed E-state index contributed by atoms with van der Waals surface area (Å²) < 4.78 is 0. The van der Waals surface area contributed by atoms with E-state index in [1.807, 2.05) is 0 Å². The van der Waals surface area contributed by atoms with Crippen LogP contribution in [0.4, 0.5) is 0 Å². The van der Waals surface area contributed by atoms with Crippen molar-refractivity contribution >= 4 is 12.4 Å². The quantitative estimate of drug-likeness (QED) is 0.690. The SMILES string of the molecule is CC(C)C(N)C1(CO)CC=CC1.Cl. The lowest BCUT2D eigenvalue weighted by Gasteiger charge is -2.35. The van der Waals surface area contributed by atoms with E-state index >= 15 is 0 Å². The lowest BCUT2D eigenvalue weighted by Crippen LogP contribution is -2.46. The minimum atomic E-state index is -0.0613. The molecule has 1 aliphatic carbocycles. The van der Waals surface area contributed by atoms with Crippen molar-refractivity contribution in [2.45, 2.75) is 32.7 Å². The molecule has 0 fully saturated rings. The Kier molecular flexibility index (Phi) is 4.97. The van der Waals surface area contributed by atoms with Crippen molar-refractivity contribution in [3.63, 3.8) is 0 Å². The summed E-state index contributed by atoms with van der Waals surface area (Å²) in [6, 6.07) is 0.109. The number of hydrogen-bond acceptors (Lipinski definition) is 2. The van der Waals surface area contributed by atoms with Crippen LogP contribution in [-0.2, 0) is 0 Å². The van der Waals surface area contributed by atoms with Crippen molar-refractivity contribution in [1.29, 1.82) is 0 Å². The summed E-state index contributed by atoms with van der Waals surface area (Å²) in [5, 5.41) is 9.32. The summed E-state index contributed by atoms with van der Waals surface area (Å²) in [5.41, 5.74) is 6.01. The third-order valence-corrected chi connectivity index (χ3v) is 2.96. The summed E-state index contributed by atoms with van der Waals surface area (Å²) in [4.78, 5) is 0. The highest BCUT2D eigenvalue weighted by Crippen LogP contribution is 2.37. The molecule has 2 nitrogen and oxygen atoms in total. The molecule has 1 atom stereocenters. The first-order valence-corrected chi connectivity index (χ1v) is 4.64. The first-order chi connectivity index (χ1) is 5.62. The molecule has 0 heterocycles. The number of allylic oxidation sites excluding steroid dienone is 2. The Labute approximate surface area is 86.6 Å². The molecule has 3 N–H and O–H groups in total. The Morgan fingerprint density at radius 3 is 2.15 bits per heavy atom. The summed E-state index contributed by atoms with van der Waals surface area (Å²) >= 11 is 0. The van der Waals surface area contributed by atoms with Crippen molar-refractivity contribution < 1.29 is 5.11 Å². The Bertz CT molecular complexity index is 172. The van der Waals surface area contributed by atoms with E-state index in [-0.39, 0.29) is 30.5 Å². The zero-order valence-electron chi connectivity index (χ0n) is 8.36. The van der Waals surface area contributed by atoms with Crippen LogP contribution < -0.4 is 5.73 Å².